The Labute approximate surface area is 147 Å². The lowest BCUT2D eigenvalue weighted by Gasteiger charge is -2.25. The molecule has 1 aliphatic rings. The van der Waals surface area contributed by atoms with E-state index < -0.39 is 6.10 Å². The van der Waals surface area contributed by atoms with Gasteiger partial charge in [0.05, 0.1) is 24.6 Å². The Morgan fingerprint density at radius 2 is 1.64 bits per heavy atom. The maximum atomic E-state index is 12.8. The lowest BCUT2D eigenvalue weighted by Crippen LogP contribution is -2.37. The monoisotopic (exact) mass is 338 g/mol. The topological polar surface area (TPSA) is 60.9 Å². The van der Waals surface area contributed by atoms with Gasteiger partial charge in [0.15, 0.2) is 0 Å². The number of carbonyl (C=O) groups excluding carboxylic acids is 2. The van der Waals surface area contributed by atoms with Gasteiger partial charge in [0, 0.05) is 7.05 Å². The molecule has 2 aromatic rings. The van der Waals surface area contributed by atoms with Gasteiger partial charge in [0.2, 0.25) is 5.91 Å². The van der Waals surface area contributed by atoms with Crippen LogP contribution in [0.2, 0.25) is 0 Å². The van der Waals surface area contributed by atoms with Gasteiger partial charge in [0.25, 0.3) is 0 Å². The maximum Gasteiger partial charge on any atom is 0.327 e. The Bertz CT molecular complexity index is 748. The smallest absolute Gasteiger partial charge is 0.327 e. The van der Waals surface area contributed by atoms with Gasteiger partial charge in [-0.1, -0.05) is 60.7 Å². The minimum Gasteiger partial charge on any atom is -0.388 e. The van der Waals surface area contributed by atoms with E-state index in [1.807, 2.05) is 55.5 Å². The van der Waals surface area contributed by atoms with Crippen molar-refractivity contribution >= 4 is 11.9 Å². The van der Waals surface area contributed by atoms with Crippen LogP contribution in [0.25, 0.3) is 0 Å². The molecular formula is C20H22N2O3. The number of benzene rings is 2. The van der Waals surface area contributed by atoms with Crippen molar-refractivity contribution < 1.29 is 14.7 Å². The number of urea groups is 1. The largest absolute Gasteiger partial charge is 0.388 e. The molecule has 5 nitrogen and oxygen atoms in total. The van der Waals surface area contributed by atoms with Crippen LogP contribution < -0.4 is 0 Å². The van der Waals surface area contributed by atoms with E-state index in [1.54, 1.807) is 24.1 Å². The van der Waals surface area contributed by atoms with Crippen molar-refractivity contribution in [1.82, 2.24) is 9.80 Å². The van der Waals surface area contributed by atoms with Gasteiger partial charge in [0.1, 0.15) is 0 Å². The second kappa shape index (κ2) is 7.07. The zero-order valence-corrected chi connectivity index (χ0v) is 14.4. The van der Waals surface area contributed by atoms with Gasteiger partial charge in [-0.2, -0.15) is 0 Å². The number of rotatable bonds is 4. The SMILES string of the molecule is C[C@H]1[C@@H](c2ccccc2)N(C(=O)C[C@@H](O)c2ccccc2)C(=O)N1C. The first-order chi connectivity index (χ1) is 12.0. The van der Waals surface area contributed by atoms with Crippen LogP contribution in [-0.4, -0.2) is 39.9 Å². The second-order valence-electron chi connectivity index (χ2n) is 6.38. The Balaban J connectivity index is 1.85. The zero-order valence-electron chi connectivity index (χ0n) is 14.4. The first-order valence-corrected chi connectivity index (χ1v) is 8.37. The van der Waals surface area contributed by atoms with Gasteiger partial charge in [-0.15, -0.1) is 0 Å². The molecule has 0 unspecified atom stereocenters. The van der Waals surface area contributed by atoms with Gasteiger partial charge in [-0.05, 0) is 18.1 Å². The summed E-state index contributed by atoms with van der Waals surface area (Å²) in [6, 6.07) is 17.7. The molecule has 3 amide bonds. The fourth-order valence-electron chi connectivity index (χ4n) is 3.29. The van der Waals surface area contributed by atoms with Crippen molar-refractivity contribution in [1.29, 1.82) is 0 Å². The number of aliphatic hydroxyl groups excluding tert-OH is 1. The maximum absolute atomic E-state index is 12.8. The minimum absolute atomic E-state index is 0.125. The molecule has 1 N–H and O–H groups in total. The average Bonchev–Trinajstić information content (AvgIpc) is 2.87. The highest BCUT2D eigenvalue weighted by molar-refractivity contribution is 5.97. The highest BCUT2D eigenvalue weighted by Crippen LogP contribution is 2.35. The number of hydrogen-bond donors (Lipinski definition) is 1. The average molecular weight is 338 g/mol. The Hall–Kier alpha value is -2.66. The van der Waals surface area contributed by atoms with Crippen molar-refractivity contribution in [2.24, 2.45) is 0 Å². The first-order valence-electron chi connectivity index (χ1n) is 8.37. The van der Waals surface area contributed by atoms with Crippen LogP contribution in [0.3, 0.4) is 0 Å². The van der Waals surface area contributed by atoms with E-state index in [-0.39, 0.29) is 30.4 Å². The molecule has 1 heterocycles. The van der Waals surface area contributed by atoms with E-state index in [0.29, 0.717) is 5.56 Å². The van der Waals surface area contributed by atoms with Gasteiger partial charge in [-0.25, -0.2) is 4.79 Å². The van der Waals surface area contributed by atoms with Crippen molar-refractivity contribution in [3.63, 3.8) is 0 Å². The Morgan fingerprint density at radius 1 is 1.08 bits per heavy atom. The van der Waals surface area contributed by atoms with Crippen molar-refractivity contribution in [3.05, 3.63) is 71.8 Å². The number of likely N-dealkylation sites (N-methyl/N-ethyl adjacent to an activating group) is 1. The summed E-state index contributed by atoms with van der Waals surface area (Å²) < 4.78 is 0. The number of imide groups is 1. The van der Waals surface area contributed by atoms with E-state index in [0.717, 1.165) is 5.56 Å². The molecule has 3 rings (SSSR count). The normalized spacial score (nSPS) is 21.5. The summed E-state index contributed by atoms with van der Waals surface area (Å²) in [4.78, 5) is 28.3. The molecule has 1 saturated heterocycles. The molecule has 2 aromatic carbocycles. The zero-order chi connectivity index (χ0) is 18.0. The summed E-state index contributed by atoms with van der Waals surface area (Å²) in [6.45, 7) is 1.93. The highest BCUT2D eigenvalue weighted by Gasteiger charge is 2.45. The van der Waals surface area contributed by atoms with E-state index in [1.165, 1.54) is 4.90 Å². The van der Waals surface area contributed by atoms with Crippen LogP contribution in [0, 0.1) is 0 Å². The lowest BCUT2D eigenvalue weighted by atomic mass is 9.99. The first kappa shape index (κ1) is 17.2. The molecule has 0 aliphatic carbocycles. The molecule has 0 saturated carbocycles. The summed E-state index contributed by atoms with van der Waals surface area (Å²) in [5, 5.41) is 10.4. The standard InChI is InChI=1S/C20H22N2O3/c1-14-19(16-11-7-4-8-12-16)22(20(25)21(14)2)18(24)13-17(23)15-9-5-3-6-10-15/h3-12,14,17,19,23H,13H2,1-2H3/t14-,17+,19-/m0/s1. The van der Waals surface area contributed by atoms with Crippen molar-refractivity contribution in [2.75, 3.05) is 7.05 Å². The van der Waals surface area contributed by atoms with Crippen molar-refractivity contribution in [2.45, 2.75) is 31.5 Å². The summed E-state index contributed by atoms with van der Waals surface area (Å²) in [5.74, 6) is -0.369. The predicted octanol–water partition coefficient (Wildman–Crippen LogP) is 3.13. The fraction of sp³-hybridized carbons (Fsp3) is 0.300. The third-order valence-electron chi connectivity index (χ3n) is 4.82. The summed E-state index contributed by atoms with van der Waals surface area (Å²) >= 11 is 0. The molecule has 0 spiro atoms. The lowest BCUT2D eigenvalue weighted by molar-refractivity contribution is -0.131. The number of nitrogens with zero attached hydrogens (tertiary/aromatic N) is 2. The van der Waals surface area contributed by atoms with E-state index >= 15 is 0 Å². The van der Waals surface area contributed by atoms with Gasteiger partial charge in [-0.3, -0.25) is 9.69 Å². The summed E-state index contributed by atoms with van der Waals surface area (Å²) in [6.07, 6.45) is -1.06. The quantitative estimate of drug-likeness (QED) is 0.932. The fourth-order valence-corrected chi connectivity index (χ4v) is 3.29. The number of aliphatic hydroxyl groups is 1. The minimum atomic E-state index is -0.931. The van der Waals surface area contributed by atoms with Crippen molar-refractivity contribution in [3.8, 4) is 0 Å². The Morgan fingerprint density at radius 3 is 2.24 bits per heavy atom. The molecule has 1 fully saturated rings. The number of hydrogen-bond acceptors (Lipinski definition) is 3. The van der Waals surface area contributed by atoms with E-state index in [4.69, 9.17) is 0 Å². The number of carbonyl (C=O) groups is 2. The van der Waals surface area contributed by atoms with Crippen LogP contribution in [0.15, 0.2) is 60.7 Å². The second-order valence-corrected chi connectivity index (χ2v) is 6.38. The highest BCUT2D eigenvalue weighted by atomic mass is 16.3. The molecule has 0 aromatic heterocycles. The van der Waals surface area contributed by atoms with E-state index in [9.17, 15) is 14.7 Å². The number of amides is 3. The molecular weight excluding hydrogens is 316 g/mol. The summed E-state index contributed by atoms with van der Waals surface area (Å²) in [7, 11) is 1.70. The van der Waals surface area contributed by atoms with E-state index in [2.05, 4.69) is 0 Å². The third kappa shape index (κ3) is 3.28. The van der Waals surface area contributed by atoms with Crippen LogP contribution in [0.5, 0.6) is 0 Å². The van der Waals surface area contributed by atoms with Gasteiger partial charge < -0.3 is 10.0 Å². The molecule has 1 aliphatic heterocycles. The molecule has 0 radical (unpaired) electrons. The molecule has 5 heteroatoms. The Kier molecular flexibility index (Phi) is 4.86. The van der Waals surface area contributed by atoms with Gasteiger partial charge >= 0.3 is 6.03 Å². The van der Waals surface area contributed by atoms with Crippen LogP contribution >= 0.6 is 0 Å². The van der Waals surface area contributed by atoms with Crippen LogP contribution in [0.1, 0.15) is 36.6 Å². The molecule has 0 bridgehead atoms. The predicted molar refractivity (Wildman–Crippen MR) is 94.7 cm³/mol. The molecule has 25 heavy (non-hydrogen) atoms. The van der Waals surface area contributed by atoms with Crippen LogP contribution in [-0.2, 0) is 4.79 Å². The molecule has 130 valence electrons. The van der Waals surface area contributed by atoms with Crippen LogP contribution in [0.4, 0.5) is 4.79 Å². The molecule has 3 atom stereocenters. The summed E-state index contributed by atoms with van der Waals surface area (Å²) in [5.41, 5.74) is 1.58. The third-order valence-corrected chi connectivity index (χ3v) is 4.82.